The molecule has 1 atom stereocenters. The summed E-state index contributed by atoms with van der Waals surface area (Å²) in [5.74, 6) is 0.800. The number of ether oxygens (including phenoxy) is 1. The molecule has 0 spiro atoms. The van der Waals surface area contributed by atoms with Crippen LogP contribution in [-0.4, -0.2) is 16.5 Å². The normalized spacial score (nSPS) is 12.6. The number of para-hydroxylation sites is 1. The van der Waals surface area contributed by atoms with Crippen molar-refractivity contribution >= 4 is 17.2 Å². The Kier molecular flexibility index (Phi) is 3.36. The average molecular weight is 287 g/mol. The number of hydrogen-bond acceptors (Lipinski definition) is 2. The molecule has 0 bridgehead atoms. The molecule has 102 valence electrons. The summed E-state index contributed by atoms with van der Waals surface area (Å²) < 4.78 is 7.47. The molecule has 2 aromatic heterocycles. The van der Waals surface area contributed by atoms with Crippen molar-refractivity contribution in [3.63, 3.8) is 0 Å². The fourth-order valence-electron chi connectivity index (χ4n) is 2.43. The number of methoxy groups -OCH3 is 1. The van der Waals surface area contributed by atoms with Crippen LogP contribution in [0.25, 0.3) is 16.9 Å². The van der Waals surface area contributed by atoms with E-state index < -0.39 is 0 Å². The van der Waals surface area contributed by atoms with Crippen LogP contribution in [0.1, 0.15) is 18.0 Å². The van der Waals surface area contributed by atoms with Crippen LogP contribution in [0.15, 0.2) is 48.7 Å². The predicted octanol–water partition coefficient (Wildman–Crippen LogP) is 4.31. The van der Waals surface area contributed by atoms with Crippen LogP contribution in [0.5, 0.6) is 5.75 Å². The Hall–Kier alpha value is -2.00. The lowest BCUT2D eigenvalue weighted by Gasteiger charge is -2.10. The molecule has 1 unspecified atom stereocenters. The molecular formula is C16H15ClN2O. The smallest absolute Gasteiger partial charge is 0.137 e. The van der Waals surface area contributed by atoms with Crippen molar-refractivity contribution in [2.45, 2.75) is 12.3 Å². The first-order valence-corrected chi connectivity index (χ1v) is 6.90. The van der Waals surface area contributed by atoms with Gasteiger partial charge in [-0.05, 0) is 31.2 Å². The standard InChI is InChI=1S/C16H15ClN2O/c1-11(17)16-15(12-7-3-4-8-13(12)20-2)18-14-9-5-6-10-19(14)16/h3-11H,1-2H3. The van der Waals surface area contributed by atoms with E-state index in [0.717, 1.165) is 28.3 Å². The van der Waals surface area contributed by atoms with Crippen LogP contribution in [0.2, 0.25) is 0 Å². The third-order valence-electron chi connectivity index (χ3n) is 3.31. The Balaban J connectivity index is 2.33. The molecule has 2 heterocycles. The summed E-state index contributed by atoms with van der Waals surface area (Å²) in [5, 5.41) is -0.146. The van der Waals surface area contributed by atoms with Crippen LogP contribution < -0.4 is 4.74 Å². The average Bonchev–Trinajstić information content (AvgIpc) is 2.86. The molecule has 0 radical (unpaired) electrons. The Morgan fingerprint density at radius 2 is 1.90 bits per heavy atom. The largest absolute Gasteiger partial charge is 0.496 e. The van der Waals surface area contributed by atoms with Gasteiger partial charge in [0.2, 0.25) is 0 Å². The zero-order valence-electron chi connectivity index (χ0n) is 11.4. The molecule has 0 saturated carbocycles. The molecule has 3 nitrogen and oxygen atoms in total. The van der Waals surface area contributed by atoms with Crippen LogP contribution in [0.3, 0.4) is 0 Å². The molecular weight excluding hydrogens is 272 g/mol. The molecule has 0 fully saturated rings. The van der Waals surface area contributed by atoms with Gasteiger partial charge in [0.1, 0.15) is 11.4 Å². The van der Waals surface area contributed by atoms with Gasteiger partial charge in [-0.2, -0.15) is 0 Å². The number of aromatic nitrogens is 2. The maximum absolute atomic E-state index is 6.37. The number of hydrogen-bond donors (Lipinski definition) is 0. The summed E-state index contributed by atoms with van der Waals surface area (Å²) >= 11 is 6.37. The lowest BCUT2D eigenvalue weighted by atomic mass is 10.1. The summed E-state index contributed by atoms with van der Waals surface area (Å²) in [7, 11) is 1.67. The molecule has 1 aromatic carbocycles. The highest BCUT2D eigenvalue weighted by atomic mass is 35.5. The number of rotatable bonds is 3. The van der Waals surface area contributed by atoms with Gasteiger partial charge in [0.15, 0.2) is 0 Å². The van der Waals surface area contributed by atoms with Gasteiger partial charge in [-0.3, -0.25) is 0 Å². The molecule has 3 rings (SSSR count). The molecule has 0 amide bonds. The number of nitrogens with zero attached hydrogens (tertiary/aromatic N) is 2. The quantitative estimate of drug-likeness (QED) is 0.671. The summed E-state index contributed by atoms with van der Waals surface area (Å²) in [6.45, 7) is 1.96. The molecule has 0 saturated heterocycles. The monoisotopic (exact) mass is 286 g/mol. The van der Waals surface area contributed by atoms with Crippen molar-refractivity contribution in [3.05, 3.63) is 54.4 Å². The van der Waals surface area contributed by atoms with Gasteiger partial charge in [-0.15, -0.1) is 11.6 Å². The Morgan fingerprint density at radius 1 is 1.15 bits per heavy atom. The zero-order chi connectivity index (χ0) is 14.1. The van der Waals surface area contributed by atoms with Crippen LogP contribution in [0.4, 0.5) is 0 Å². The minimum absolute atomic E-state index is 0.146. The molecule has 20 heavy (non-hydrogen) atoms. The third kappa shape index (κ3) is 2.04. The van der Waals surface area contributed by atoms with E-state index >= 15 is 0 Å². The van der Waals surface area contributed by atoms with E-state index in [9.17, 15) is 0 Å². The topological polar surface area (TPSA) is 26.5 Å². The van der Waals surface area contributed by atoms with E-state index in [1.165, 1.54) is 0 Å². The minimum Gasteiger partial charge on any atom is -0.496 e. The van der Waals surface area contributed by atoms with Crippen molar-refractivity contribution < 1.29 is 4.74 Å². The SMILES string of the molecule is COc1ccccc1-c1nc2ccccn2c1C(C)Cl. The minimum atomic E-state index is -0.146. The molecule has 0 aliphatic rings. The number of halogens is 1. The van der Waals surface area contributed by atoms with E-state index in [1.807, 2.05) is 60.0 Å². The van der Waals surface area contributed by atoms with E-state index in [4.69, 9.17) is 21.3 Å². The van der Waals surface area contributed by atoms with Crippen molar-refractivity contribution in [1.29, 1.82) is 0 Å². The highest BCUT2D eigenvalue weighted by molar-refractivity contribution is 6.20. The molecule has 0 aliphatic carbocycles. The van der Waals surface area contributed by atoms with E-state index in [-0.39, 0.29) is 5.38 Å². The second kappa shape index (κ2) is 5.17. The van der Waals surface area contributed by atoms with Crippen molar-refractivity contribution in [1.82, 2.24) is 9.38 Å². The van der Waals surface area contributed by atoms with E-state index in [1.54, 1.807) is 7.11 Å². The van der Waals surface area contributed by atoms with Crippen LogP contribution >= 0.6 is 11.6 Å². The van der Waals surface area contributed by atoms with Gasteiger partial charge in [0.25, 0.3) is 0 Å². The summed E-state index contributed by atoms with van der Waals surface area (Å²) in [6, 6.07) is 13.8. The first-order chi connectivity index (χ1) is 9.72. The number of alkyl halides is 1. The highest BCUT2D eigenvalue weighted by Gasteiger charge is 2.19. The highest BCUT2D eigenvalue weighted by Crippen LogP contribution is 2.36. The Labute approximate surface area is 122 Å². The van der Waals surface area contributed by atoms with E-state index in [2.05, 4.69) is 0 Å². The molecule has 0 N–H and O–H groups in total. The number of pyridine rings is 1. The van der Waals surface area contributed by atoms with Gasteiger partial charge in [-0.1, -0.05) is 18.2 Å². The third-order valence-corrected chi connectivity index (χ3v) is 3.51. The second-order valence-corrected chi connectivity index (χ2v) is 5.25. The van der Waals surface area contributed by atoms with Crippen LogP contribution in [-0.2, 0) is 0 Å². The molecule has 0 aliphatic heterocycles. The number of fused-ring (bicyclic) bond motifs is 1. The van der Waals surface area contributed by atoms with Crippen molar-refractivity contribution in [2.24, 2.45) is 0 Å². The number of imidazole rings is 1. The number of benzene rings is 1. The lowest BCUT2D eigenvalue weighted by Crippen LogP contribution is -1.96. The maximum atomic E-state index is 6.37. The first kappa shape index (κ1) is 13.0. The predicted molar refractivity (Wildman–Crippen MR) is 81.4 cm³/mol. The van der Waals surface area contributed by atoms with Crippen LogP contribution in [0, 0.1) is 0 Å². The van der Waals surface area contributed by atoms with Crippen molar-refractivity contribution in [3.8, 4) is 17.0 Å². The summed E-state index contributed by atoms with van der Waals surface area (Å²) in [4.78, 5) is 4.71. The summed E-state index contributed by atoms with van der Waals surface area (Å²) in [6.07, 6.45) is 1.98. The van der Waals surface area contributed by atoms with Gasteiger partial charge in [0, 0.05) is 11.8 Å². The summed E-state index contributed by atoms with van der Waals surface area (Å²) in [5.41, 5.74) is 3.69. The Morgan fingerprint density at radius 3 is 2.65 bits per heavy atom. The van der Waals surface area contributed by atoms with Gasteiger partial charge >= 0.3 is 0 Å². The van der Waals surface area contributed by atoms with Gasteiger partial charge in [0.05, 0.1) is 23.9 Å². The second-order valence-electron chi connectivity index (χ2n) is 4.59. The fourth-order valence-corrected chi connectivity index (χ4v) is 2.64. The van der Waals surface area contributed by atoms with Gasteiger partial charge in [-0.25, -0.2) is 4.98 Å². The van der Waals surface area contributed by atoms with Crippen molar-refractivity contribution in [2.75, 3.05) is 7.11 Å². The zero-order valence-corrected chi connectivity index (χ0v) is 12.1. The maximum Gasteiger partial charge on any atom is 0.137 e. The Bertz CT molecular complexity index is 749. The van der Waals surface area contributed by atoms with E-state index in [0.29, 0.717) is 0 Å². The lowest BCUT2D eigenvalue weighted by molar-refractivity contribution is 0.416. The first-order valence-electron chi connectivity index (χ1n) is 6.47. The van der Waals surface area contributed by atoms with Gasteiger partial charge < -0.3 is 9.14 Å². The fraction of sp³-hybridized carbons (Fsp3) is 0.188. The molecule has 3 aromatic rings. The molecule has 4 heteroatoms.